The third kappa shape index (κ3) is 4.57. The normalized spacial score (nSPS) is 28.3. The van der Waals surface area contributed by atoms with E-state index in [1.165, 1.54) is 29.3 Å². The van der Waals surface area contributed by atoms with Gasteiger partial charge in [-0.3, -0.25) is 9.69 Å². The lowest BCUT2D eigenvalue weighted by Gasteiger charge is -2.69. The van der Waals surface area contributed by atoms with Crippen molar-refractivity contribution in [2.75, 3.05) is 34.2 Å². The van der Waals surface area contributed by atoms with Gasteiger partial charge in [-0.25, -0.2) is 0 Å². The lowest BCUT2D eigenvalue weighted by molar-refractivity contribution is -0.160. The first-order valence-electron chi connectivity index (χ1n) is 16.1. The van der Waals surface area contributed by atoms with Crippen molar-refractivity contribution in [3.63, 3.8) is 0 Å². The number of phenols is 1. The van der Waals surface area contributed by atoms with E-state index in [0.29, 0.717) is 17.7 Å². The fraction of sp³-hybridized carbons (Fsp3) is 0.432. The molecule has 7 rings (SSSR count). The Morgan fingerprint density at radius 1 is 1.07 bits per heavy atom. The van der Waals surface area contributed by atoms with Crippen LogP contribution in [0.15, 0.2) is 72.8 Å². The Kier molecular flexibility index (Phi) is 7.48. The molecule has 1 saturated heterocycles. The second-order valence-corrected chi connectivity index (χ2v) is 13.5. The Bertz CT molecular complexity index is 1680. The molecule has 3 aromatic rings. The summed E-state index contributed by atoms with van der Waals surface area (Å²) in [5.41, 5.74) is 2.42. The smallest absolute Gasteiger partial charge is 0.416 e. The van der Waals surface area contributed by atoms with Gasteiger partial charge in [-0.2, -0.15) is 13.2 Å². The summed E-state index contributed by atoms with van der Waals surface area (Å²) < 4.78 is 46.6. The molecule has 0 radical (unpaired) electrons. The van der Waals surface area contributed by atoms with Crippen LogP contribution in [-0.4, -0.2) is 83.7 Å². The molecule has 9 heteroatoms. The number of aromatic hydroxyl groups is 1. The van der Waals surface area contributed by atoms with Crippen LogP contribution >= 0.6 is 0 Å². The number of likely N-dealkylation sites (tertiary alicyclic amines) is 1. The Hall–Kier alpha value is -3.82. The number of halogens is 3. The molecule has 1 N–H and O–H groups in total. The van der Waals surface area contributed by atoms with Crippen LogP contribution < -0.4 is 4.74 Å². The number of likely N-dealkylation sites (N-methyl/N-ethyl adjacent to an activating group) is 2. The Morgan fingerprint density at radius 2 is 1.85 bits per heavy atom. The van der Waals surface area contributed by atoms with Gasteiger partial charge < -0.3 is 19.6 Å². The van der Waals surface area contributed by atoms with Gasteiger partial charge in [0.25, 0.3) is 0 Å². The largest absolute Gasteiger partial charge is 0.504 e. The van der Waals surface area contributed by atoms with Crippen molar-refractivity contribution >= 4 is 12.0 Å². The molecule has 2 aliphatic heterocycles. The van der Waals surface area contributed by atoms with Crippen LogP contribution in [0.4, 0.5) is 13.2 Å². The van der Waals surface area contributed by atoms with Gasteiger partial charge in [-0.1, -0.05) is 48.5 Å². The highest BCUT2D eigenvalue weighted by Crippen LogP contribution is 2.67. The molecule has 2 heterocycles. The topological polar surface area (TPSA) is 56.2 Å². The Labute approximate surface area is 268 Å². The third-order valence-electron chi connectivity index (χ3n) is 11.3. The SMILES string of the molecule is CN(C(=O)C=Cc1cccc(C(F)(F)F)c1)[C@H]1CC[C@@]2(N(C)C)[C@H]3Cc4ccc(O)c5c4[C@@]2(CCN3CCc2ccccc2)[C@H]1O5. The van der Waals surface area contributed by atoms with Crippen molar-refractivity contribution in [3.05, 3.63) is 101 Å². The summed E-state index contributed by atoms with van der Waals surface area (Å²) in [6.07, 6.45) is 2.10. The molecule has 0 aromatic heterocycles. The quantitative estimate of drug-likeness (QED) is 0.329. The standard InChI is InChI=1S/C37H40F3N3O3/c1-41(2)36-18-16-28(42(3)31(45)15-12-25-10-7-11-27(22-25)37(38,39)40)34-35(36)19-21-43(20-17-24-8-5-4-6-9-24)30(36)23-26-13-14-29(44)33(46-34)32(26)35/h4-15,22,28,30,34,44H,16-21,23H2,1-3H3/t28-,30+,34-,35-,36+/m0/s1. The molecule has 2 aliphatic carbocycles. The molecule has 2 fully saturated rings. The first-order chi connectivity index (χ1) is 22.0. The van der Waals surface area contributed by atoms with Crippen molar-refractivity contribution in [1.82, 2.24) is 14.7 Å². The van der Waals surface area contributed by atoms with Gasteiger partial charge >= 0.3 is 6.18 Å². The zero-order chi connectivity index (χ0) is 32.4. The van der Waals surface area contributed by atoms with Crippen LogP contribution in [0, 0.1) is 0 Å². The molecule has 6 nitrogen and oxygen atoms in total. The highest BCUT2D eigenvalue weighted by Gasteiger charge is 2.74. The Balaban J connectivity index is 1.23. The van der Waals surface area contributed by atoms with Crippen LogP contribution in [-0.2, 0) is 29.2 Å². The van der Waals surface area contributed by atoms with Gasteiger partial charge in [-0.15, -0.1) is 0 Å². The molecule has 1 amide bonds. The van der Waals surface area contributed by atoms with E-state index in [1.54, 1.807) is 24.1 Å². The molecular weight excluding hydrogens is 591 g/mol. The van der Waals surface area contributed by atoms with Gasteiger partial charge in [-0.05, 0) is 93.7 Å². The second-order valence-electron chi connectivity index (χ2n) is 13.5. The molecule has 242 valence electrons. The summed E-state index contributed by atoms with van der Waals surface area (Å²) in [5, 5.41) is 11.1. The first-order valence-corrected chi connectivity index (χ1v) is 16.1. The summed E-state index contributed by atoms with van der Waals surface area (Å²) in [4.78, 5) is 20.4. The van der Waals surface area contributed by atoms with Crippen molar-refractivity contribution in [3.8, 4) is 11.5 Å². The van der Waals surface area contributed by atoms with Crippen molar-refractivity contribution < 1.29 is 27.8 Å². The summed E-state index contributed by atoms with van der Waals surface area (Å²) in [6, 6.07) is 19.2. The average Bonchev–Trinajstić information content (AvgIpc) is 3.39. The number of hydrogen-bond acceptors (Lipinski definition) is 5. The fourth-order valence-corrected chi connectivity index (χ4v) is 9.37. The number of hydrogen-bond donors (Lipinski definition) is 1. The van der Waals surface area contributed by atoms with Crippen molar-refractivity contribution in [2.24, 2.45) is 0 Å². The molecule has 1 spiro atoms. The van der Waals surface area contributed by atoms with Crippen LogP contribution in [0.2, 0.25) is 0 Å². The number of benzene rings is 3. The molecule has 46 heavy (non-hydrogen) atoms. The lowest BCUT2D eigenvalue weighted by atomic mass is 9.46. The molecule has 4 aliphatic rings. The fourth-order valence-electron chi connectivity index (χ4n) is 9.37. The van der Waals surface area contributed by atoms with E-state index in [1.807, 2.05) is 12.1 Å². The number of amides is 1. The molecular formula is C37H40F3N3O3. The Morgan fingerprint density at radius 3 is 2.59 bits per heavy atom. The minimum atomic E-state index is -4.46. The van der Waals surface area contributed by atoms with Crippen LogP contribution in [0.1, 0.15) is 47.1 Å². The van der Waals surface area contributed by atoms with E-state index in [2.05, 4.69) is 48.2 Å². The van der Waals surface area contributed by atoms with E-state index in [9.17, 15) is 23.1 Å². The van der Waals surface area contributed by atoms with Crippen molar-refractivity contribution in [2.45, 2.75) is 67.4 Å². The number of carbonyl (C=O) groups is 1. The van der Waals surface area contributed by atoms with Gasteiger partial charge in [0.1, 0.15) is 6.10 Å². The summed E-state index contributed by atoms with van der Waals surface area (Å²) in [5.74, 6) is 0.363. The molecule has 1 saturated carbocycles. The molecule has 3 aromatic carbocycles. The molecule has 5 atom stereocenters. The molecule has 2 bridgehead atoms. The van der Waals surface area contributed by atoms with Crippen LogP contribution in [0.5, 0.6) is 11.5 Å². The maximum Gasteiger partial charge on any atom is 0.416 e. The number of rotatable bonds is 7. The number of piperidine rings is 1. The second kappa shape index (κ2) is 11.2. The predicted octanol–water partition coefficient (Wildman–Crippen LogP) is 5.92. The zero-order valence-electron chi connectivity index (χ0n) is 26.4. The van der Waals surface area contributed by atoms with Gasteiger partial charge in [0, 0.05) is 36.8 Å². The van der Waals surface area contributed by atoms with Crippen LogP contribution in [0.25, 0.3) is 6.08 Å². The minimum absolute atomic E-state index is 0.123. The van der Waals surface area contributed by atoms with Crippen molar-refractivity contribution in [1.29, 1.82) is 0 Å². The van der Waals surface area contributed by atoms with E-state index in [0.717, 1.165) is 56.5 Å². The lowest BCUT2D eigenvalue weighted by Crippen LogP contribution is -2.82. The maximum absolute atomic E-state index is 13.6. The minimum Gasteiger partial charge on any atom is -0.504 e. The zero-order valence-corrected chi connectivity index (χ0v) is 26.4. The van der Waals surface area contributed by atoms with Gasteiger partial charge in [0.2, 0.25) is 5.91 Å². The third-order valence-corrected chi connectivity index (χ3v) is 11.3. The highest BCUT2D eigenvalue weighted by molar-refractivity contribution is 5.92. The monoisotopic (exact) mass is 631 g/mol. The summed E-state index contributed by atoms with van der Waals surface area (Å²) in [7, 11) is 6.07. The summed E-state index contributed by atoms with van der Waals surface area (Å²) in [6.45, 7) is 1.82. The highest BCUT2D eigenvalue weighted by atomic mass is 19.4. The van der Waals surface area contributed by atoms with Gasteiger partial charge in [0.05, 0.1) is 17.0 Å². The number of alkyl halides is 3. The van der Waals surface area contributed by atoms with Gasteiger partial charge in [0.15, 0.2) is 11.5 Å². The first kappa shape index (κ1) is 30.8. The van der Waals surface area contributed by atoms with E-state index >= 15 is 0 Å². The predicted molar refractivity (Wildman–Crippen MR) is 171 cm³/mol. The number of ether oxygens (including phenoxy) is 1. The number of carbonyl (C=O) groups excluding carboxylic acids is 1. The number of nitrogens with zero attached hydrogens (tertiary/aromatic N) is 3. The average molecular weight is 632 g/mol. The van der Waals surface area contributed by atoms with E-state index in [-0.39, 0.29) is 35.4 Å². The van der Waals surface area contributed by atoms with E-state index < -0.39 is 17.2 Å². The summed E-state index contributed by atoms with van der Waals surface area (Å²) >= 11 is 0. The van der Waals surface area contributed by atoms with Crippen LogP contribution in [0.3, 0.4) is 0 Å². The number of phenolic OH excluding ortho intramolecular Hbond substituents is 1. The maximum atomic E-state index is 13.6. The molecule has 0 unspecified atom stereocenters. The van der Waals surface area contributed by atoms with E-state index in [4.69, 9.17) is 4.74 Å².